The van der Waals surface area contributed by atoms with E-state index in [9.17, 15) is 0 Å². The highest BCUT2D eigenvalue weighted by Crippen LogP contribution is 2.33. The molecule has 0 spiro atoms. The number of rotatable bonds is 5. The van der Waals surface area contributed by atoms with Crippen molar-refractivity contribution in [3.8, 4) is 0 Å². The third kappa shape index (κ3) is 3.28. The van der Waals surface area contributed by atoms with Crippen molar-refractivity contribution >= 4 is 5.88 Å². The molecule has 0 aromatic carbocycles. The molecule has 2 heterocycles. The van der Waals surface area contributed by atoms with Crippen LogP contribution < -0.4 is 5.73 Å². The molecule has 1 aromatic heterocycles. The number of nitrogen functional groups attached to an aromatic ring is 1. The topological polar surface area (TPSA) is 70.5 Å². The highest BCUT2D eigenvalue weighted by molar-refractivity contribution is 5.29. The molecular formula is C14H24N2O3. The molecule has 0 saturated carbocycles. The number of nitrogens with zero attached hydrogens (tertiary/aromatic N) is 1. The summed E-state index contributed by atoms with van der Waals surface area (Å²) in [5.41, 5.74) is 6.18. The van der Waals surface area contributed by atoms with Gasteiger partial charge in [0, 0.05) is 18.1 Å². The van der Waals surface area contributed by atoms with Crippen LogP contribution >= 0.6 is 0 Å². The maximum atomic E-state index is 6.12. The lowest BCUT2D eigenvalue weighted by atomic mass is 9.81. The van der Waals surface area contributed by atoms with Crippen molar-refractivity contribution in [3.05, 3.63) is 11.8 Å². The summed E-state index contributed by atoms with van der Waals surface area (Å²) in [5.74, 6) is 0.340. The van der Waals surface area contributed by atoms with Gasteiger partial charge in [0.05, 0.1) is 11.8 Å². The average Bonchev–Trinajstić information content (AvgIpc) is 2.84. The summed E-state index contributed by atoms with van der Waals surface area (Å²) in [5, 5.41) is 4.03. The number of hydrogen-bond acceptors (Lipinski definition) is 5. The lowest BCUT2D eigenvalue weighted by Gasteiger charge is -2.35. The van der Waals surface area contributed by atoms with Gasteiger partial charge in [-0.05, 0) is 25.7 Å². The molecule has 108 valence electrons. The summed E-state index contributed by atoms with van der Waals surface area (Å²) in [6.07, 6.45) is 4.08. The zero-order valence-electron chi connectivity index (χ0n) is 12.0. The Balaban J connectivity index is 2.06. The van der Waals surface area contributed by atoms with Crippen molar-refractivity contribution in [3.63, 3.8) is 0 Å². The van der Waals surface area contributed by atoms with E-state index in [2.05, 4.69) is 25.9 Å². The third-order valence-corrected chi connectivity index (χ3v) is 3.82. The molecule has 0 aliphatic carbocycles. The Labute approximate surface area is 114 Å². The Kier molecular flexibility index (Phi) is 4.47. The van der Waals surface area contributed by atoms with Gasteiger partial charge in [0.2, 0.25) is 5.88 Å². The van der Waals surface area contributed by atoms with Crippen molar-refractivity contribution in [2.24, 2.45) is 0 Å². The standard InChI is InChI=1S/C14H24N2O3/c1-4-11(18-13-7-5-6-8-17-13)14(2,3)10-9-12(15)19-16-10/h9,11,13H,4-8,15H2,1-3H3/t11-,13?/m0/s1. The van der Waals surface area contributed by atoms with Crippen LogP contribution in [-0.4, -0.2) is 24.2 Å². The van der Waals surface area contributed by atoms with Crippen LogP contribution in [0.4, 0.5) is 5.88 Å². The van der Waals surface area contributed by atoms with Gasteiger partial charge in [-0.3, -0.25) is 0 Å². The highest BCUT2D eigenvalue weighted by atomic mass is 16.7. The predicted molar refractivity (Wildman–Crippen MR) is 72.7 cm³/mol. The maximum Gasteiger partial charge on any atom is 0.222 e. The zero-order chi connectivity index (χ0) is 13.9. The Morgan fingerprint density at radius 1 is 1.53 bits per heavy atom. The molecule has 1 aliphatic rings. The van der Waals surface area contributed by atoms with E-state index >= 15 is 0 Å². The Morgan fingerprint density at radius 2 is 2.32 bits per heavy atom. The first-order valence-electron chi connectivity index (χ1n) is 7.03. The van der Waals surface area contributed by atoms with Gasteiger partial charge in [-0.1, -0.05) is 25.9 Å². The molecule has 0 radical (unpaired) electrons. The van der Waals surface area contributed by atoms with E-state index in [1.807, 2.05) is 0 Å². The van der Waals surface area contributed by atoms with Crippen molar-refractivity contribution in [1.82, 2.24) is 5.16 Å². The molecule has 0 amide bonds. The lowest BCUT2D eigenvalue weighted by molar-refractivity contribution is -0.201. The first-order valence-corrected chi connectivity index (χ1v) is 7.03. The quantitative estimate of drug-likeness (QED) is 0.889. The molecule has 1 fully saturated rings. The fraction of sp³-hybridized carbons (Fsp3) is 0.786. The van der Waals surface area contributed by atoms with E-state index < -0.39 is 0 Å². The van der Waals surface area contributed by atoms with E-state index in [1.165, 1.54) is 6.42 Å². The number of nitrogens with two attached hydrogens (primary N) is 1. The van der Waals surface area contributed by atoms with E-state index in [-0.39, 0.29) is 17.8 Å². The SMILES string of the molecule is CC[C@H](OC1CCCCO1)C(C)(C)c1cc(N)on1. The summed E-state index contributed by atoms with van der Waals surface area (Å²) in [6.45, 7) is 7.10. The zero-order valence-corrected chi connectivity index (χ0v) is 12.0. The second-order valence-electron chi connectivity index (χ2n) is 5.67. The smallest absolute Gasteiger partial charge is 0.222 e. The first-order chi connectivity index (χ1) is 9.04. The third-order valence-electron chi connectivity index (χ3n) is 3.82. The van der Waals surface area contributed by atoms with E-state index in [0.717, 1.165) is 31.6 Å². The monoisotopic (exact) mass is 268 g/mol. The van der Waals surface area contributed by atoms with Crippen LogP contribution in [0.3, 0.4) is 0 Å². The molecule has 1 aliphatic heterocycles. The largest absolute Gasteiger partial charge is 0.368 e. The summed E-state index contributed by atoms with van der Waals surface area (Å²) in [4.78, 5) is 0. The van der Waals surface area contributed by atoms with Crippen molar-refractivity contribution < 1.29 is 14.0 Å². The van der Waals surface area contributed by atoms with Gasteiger partial charge in [-0.2, -0.15) is 0 Å². The van der Waals surface area contributed by atoms with Crippen molar-refractivity contribution in [1.29, 1.82) is 0 Å². The van der Waals surface area contributed by atoms with Gasteiger partial charge in [-0.25, -0.2) is 0 Å². The van der Waals surface area contributed by atoms with Crippen LogP contribution in [0.1, 0.15) is 52.1 Å². The van der Waals surface area contributed by atoms with Crippen LogP contribution in [0.25, 0.3) is 0 Å². The Bertz CT molecular complexity index is 397. The van der Waals surface area contributed by atoms with Crippen LogP contribution in [0.5, 0.6) is 0 Å². The fourth-order valence-electron chi connectivity index (χ4n) is 2.54. The van der Waals surface area contributed by atoms with Gasteiger partial charge in [0.25, 0.3) is 0 Å². The van der Waals surface area contributed by atoms with E-state index in [0.29, 0.717) is 5.88 Å². The number of hydrogen-bond donors (Lipinski definition) is 1. The van der Waals surface area contributed by atoms with Crippen LogP contribution in [-0.2, 0) is 14.9 Å². The summed E-state index contributed by atoms with van der Waals surface area (Å²) in [7, 11) is 0. The first kappa shape index (κ1) is 14.3. The molecule has 1 unspecified atom stereocenters. The van der Waals surface area contributed by atoms with Gasteiger partial charge >= 0.3 is 0 Å². The van der Waals surface area contributed by atoms with Crippen molar-refractivity contribution in [2.45, 2.75) is 64.3 Å². The summed E-state index contributed by atoms with van der Waals surface area (Å²) < 4.78 is 16.8. The van der Waals surface area contributed by atoms with Crippen LogP contribution in [0, 0.1) is 0 Å². The summed E-state index contributed by atoms with van der Waals surface area (Å²) in [6, 6.07) is 1.77. The molecule has 2 N–H and O–H groups in total. The maximum absolute atomic E-state index is 6.12. The number of aromatic nitrogens is 1. The Hall–Kier alpha value is -1.07. The number of ether oxygens (including phenoxy) is 2. The number of anilines is 1. The fourth-order valence-corrected chi connectivity index (χ4v) is 2.54. The van der Waals surface area contributed by atoms with Crippen LogP contribution in [0.15, 0.2) is 10.6 Å². The molecule has 2 rings (SSSR count). The molecule has 5 nitrogen and oxygen atoms in total. The van der Waals surface area contributed by atoms with E-state index in [1.54, 1.807) is 6.07 Å². The van der Waals surface area contributed by atoms with Gasteiger partial charge in [0.15, 0.2) is 6.29 Å². The van der Waals surface area contributed by atoms with Crippen molar-refractivity contribution in [2.75, 3.05) is 12.3 Å². The normalized spacial score (nSPS) is 22.4. The van der Waals surface area contributed by atoms with Gasteiger partial charge in [0.1, 0.15) is 0 Å². The van der Waals surface area contributed by atoms with Gasteiger partial charge in [-0.15, -0.1) is 0 Å². The molecule has 2 atom stereocenters. The molecular weight excluding hydrogens is 244 g/mol. The minimum absolute atomic E-state index is 0.0279. The second-order valence-corrected chi connectivity index (χ2v) is 5.67. The summed E-state index contributed by atoms with van der Waals surface area (Å²) >= 11 is 0. The highest BCUT2D eigenvalue weighted by Gasteiger charge is 2.36. The lowest BCUT2D eigenvalue weighted by Crippen LogP contribution is -2.40. The molecule has 1 saturated heterocycles. The molecule has 5 heteroatoms. The minimum Gasteiger partial charge on any atom is -0.368 e. The van der Waals surface area contributed by atoms with E-state index in [4.69, 9.17) is 19.7 Å². The minimum atomic E-state index is -0.253. The second kappa shape index (κ2) is 5.92. The van der Waals surface area contributed by atoms with Gasteiger partial charge < -0.3 is 19.7 Å². The molecule has 0 bridgehead atoms. The Morgan fingerprint density at radius 3 is 2.84 bits per heavy atom. The predicted octanol–water partition coefficient (Wildman–Crippen LogP) is 2.86. The average molecular weight is 268 g/mol. The molecule has 1 aromatic rings. The molecule has 19 heavy (non-hydrogen) atoms. The van der Waals surface area contributed by atoms with Crippen LogP contribution in [0.2, 0.25) is 0 Å².